The van der Waals surface area contributed by atoms with Gasteiger partial charge < -0.3 is 5.32 Å². The fraction of sp³-hybridized carbons (Fsp3) is 0.0909. The summed E-state index contributed by atoms with van der Waals surface area (Å²) in [5.41, 5.74) is 1.92. The van der Waals surface area contributed by atoms with Gasteiger partial charge in [0.05, 0.1) is 16.0 Å². The number of nitrogens with one attached hydrogen (secondary N) is 1. The fourth-order valence-corrected chi connectivity index (χ4v) is 4.22. The molecule has 2 heterocycles. The summed E-state index contributed by atoms with van der Waals surface area (Å²) in [5, 5.41) is 12.2. The second-order valence-corrected chi connectivity index (χ2v) is 8.88. The minimum absolute atomic E-state index is 0.265. The van der Waals surface area contributed by atoms with Gasteiger partial charge >= 0.3 is 0 Å². The van der Waals surface area contributed by atoms with Gasteiger partial charge in [0.15, 0.2) is 11.0 Å². The van der Waals surface area contributed by atoms with Gasteiger partial charge in [-0.05, 0) is 61.5 Å². The number of thioether (sulfide) groups is 1. The molecule has 0 fully saturated rings. The lowest BCUT2D eigenvalue weighted by Gasteiger charge is -2.14. The molecule has 0 bridgehead atoms. The van der Waals surface area contributed by atoms with Crippen LogP contribution in [0.5, 0.6) is 0 Å². The fourth-order valence-electron chi connectivity index (χ4n) is 2.89. The van der Waals surface area contributed by atoms with Crippen LogP contribution in [-0.4, -0.2) is 30.9 Å². The van der Waals surface area contributed by atoms with Crippen LogP contribution in [0.25, 0.3) is 17.1 Å². The molecule has 32 heavy (non-hydrogen) atoms. The Labute approximate surface area is 197 Å². The minimum atomic E-state index is -0.532. The molecule has 4 rings (SSSR count). The van der Waals surface area contributed by atoms with E-state index in [1.54, 1.807) is 66.3 Å². The number of aromatic nitrogens is 4. The maximum Gasteiger partial charge on any atom is 0.237 e. The van der Waals surface area contributed by atoms with Crippen LogP contribution in [0.4, 0.5) is 10.1 Å². The number of carbonyl (C=O) groups is 1. The monoisotopic (exact) mass is 487 g/mol. The van der Waals surface area contributed by atoms with Crippen LogP contribution in [0.3, 0.4) is 0 Å². The third-order valence-electron chi connectivity index (χ3n) is 4.50. The Balaban J connectivity index is 1.63. The van der Waals surface area contributed by atoms with Gasteiger partial charge in [-0.3, -0.25) is 14.3 Å². The molecule has 162 valence electrons. The molecule has 1 atom stereocenters. The molecule has 0 aliphatic carbocycles. The smallest absolute Gasteiger partial charge is 0.237 e. The van der Waals surface area contributed by atoms with Crippen molar-refractivity contribution in [3.05, 3.63) is 82.9 Å². The lowest BCUT2D eigenvalue weighted by atomic mass is 10.2. The number of anilines is 1. The number of hydrogen-bond acceptors (Lipinski definition) is 5. The average Bonchev–Trinajstić information content (AvgIpc) is 3.20. The number of hydrogen-bond donors (Lipinski definition) is 1. The molecule has 0 radical (unpaired) electrons. The van der Waals surface area contributed by atoms with Gasteiger partial charge in [0.25, 0.3) is 0 Å². The lowest BCUT2D eigenvalue weighted by Crippen LogP contribution is -2.23. The number of amides is 1. The highest BCUT2D eigenvalue weighted by Gasteiger charge is 2.22. The number of pyridine rings is 1. The number of nitrogens with zero attached hydrogens (tertiary/aromatic N) is 4. The van der Waals surface area contributed by atoms with E-state index in [-0.39, 0.29) is 11.7 Å². The summed E-state index contributed by atoms with van der Waals surface area (Å²) in [6, 6.07) is 14.4. The van der Waals surface area contributed by atoms with Crippen LogP contribution in [-0.2, 0) is 4.79 Å². The zero-order valence-electron chi connectivity index (χ0n) is 16.7. The molecule has 0 spiro atoms. The SMILES string of the molecule is CC(Sc1nnc(-c2ccncc2)n1-c1ccc(F)cc1)C(=O)Nc1ccc(Cl)cc1Cl. The molecular weight excluding hydrogens is 472 g/mol. The highest BCUT2D eigenvalue weighted by atomic mass is 35.5. The molecule has 10 heteroatoms. The number of carbonyl (C=O) groups excluding carboxylic acids is 1. The number of halogens is 3. The summed E-state index contributed by atoms with van der Waals surface area (Å²) in [5.74, 6) is -0.0673. The first-order chi connectivity index (χ1) is 15.4. The second kappa shape index (κ2) is 9.68. The highest BCUT2D eigenvalue weighted by Crippen LogP contribution is 2.31. The van der Waals surface area contributed by atoms with Gasteiger partial charge in [0, 0.05) is 28.7 Å². The molecule has 2 aromatic carbocycles. The molecule has 0 saturated carbocycles. The van der Waals surface area contributed by atoms with Crippen molar-refractivity contribution in [1.29, 1.82) is 0 Å². The molecular formula is C22H16Cl2FN5OS. The summed E-state index contributed by atoms with van der Waals surface area (Å²) in [6.45, 7) is 1.75. The Bertz CT molecular complexity index is 1250. The predicted octanol–water partition coefficient (Wildman–Crippen LogP) is 5.89. The van der Waals surface area contributed by atoms with Gasteiger partial charge in [0.1, 0.15) is 5.82 Å². The molecule has 1 unspecified atom stereocenters. The zero-order valence-corrected chi connectivity index (χ0v) is 19.0. The first kappa shape index (κ1) is 22.3. The lowest BCUT2D eigenvalue weighted by molar-refractivity contribution is -0.115. The third kappa shape index (κ3) is 4.93. The van der Waals surface area contributed by atoms with Crippen molar-refractivity contribution in [2.75, 3.05) is 5.32 Å². The Morgan fingerprint density at radius 3 is 2.47 bits per heavy atom. The van der Waals surface area contributed by atoms with E-state index in [1.807, 2.05) is 0 Å². The first-order valence-corrected chi connectivity index (χ1v) is 11.1. The minimum Gasteiger partial charge on any atom is -0.324 e. The highest BCUT2D eigenvalue weighted by molar-refractivity contribution is 8.00. The normalized spacial score (nSPS) is 11.9. The van der Waals surface area contributed by atoms with E-state index in [2.05, 4.69) is 20.5 Å². The van der Waals surface area contributed by atoms with Gasteiger partial charge in [-0.2, -0.15) is 0 Å². The van der Waals surface area contributed by atoms with Gasteiger partial charge in [-0.1, -0.05) is 35.0 Å². The van der Waals surface area contributed by atoms with E-state index in [0.717, 1.165) is 5.56 Å². The first-order valence-electron chi connectivity index (χ1n) is 9.46. The van der Waals surface area contributed by atoms with E-state index >= 15 is 0 Å². The molecule has 0 aliphatic heterocycles. The molecule has 2 aromatic heterocycles. The van der Waals surface area contributed by atoms with Gasteiger partial charge in [-0.25, -0.2) is 4.39 Å². The molecule has 0 saturated heterocycles. The largest absolute Gasteiger partial charge is 0.324 e. The Morgan fingerprint density at radius 2 is 1.78 bits per heavy atom. The maximum atomic E-state index is 13.5. The third-order valence-corrected chi connectivity index (χ3v) is 6.09. The van der Waals surface area contributed by atoms with E-state index in [4.69, 9.17) is 23.2 Å². The van der Waals surface area contributed by atoms with Crippen molar-refractivity contribution in [2.45, 2.75) is 17.3 Å². The molecule has 1 N–H and O–H groups in total. The average molecular weight is 488 g/mol. The summed E-state index contributed by atoms with van der Waals surface area (Å²) in [6.07, 6.45) is 3.30. The van der Waals surface area contributed by atoms with Crippen LogP contribution in [0.15, 0.2) is 72.1 Å². The van der Waals surface area contributed by atoms with E-state index in [0.29, 0.717) is 32.4 Å². The second-order valence-electron chi connectivity index (χ2n) is 6.73. The van der Waals surface area contributed by atoms with Crippen LogP contribution in [0.1, 0.15) is 6.92 Å². The van der Waals surface area contributed by atoms with E-state index in [9.17, 15) is 9.18 Å². The molecule has 1 amide bonds. The Morgan fingerprint density at radius 1 is 1.06 bits per heavy atom. The van der Waals surface area contributed by atoms with Gasteiger partial charge in [0.2, 0.25) is 5.91 Å². The summed E-state index contributed by atoms with van der Waals surface area (Å²) >= 11 is 13.3. The standard InChI is InChI=1S/C22H16Cl2FN5OS/c1-13(21(31)27-19-7-2-15(23)12-18(19)24)32-22-29-28-20(14-8-10-26-11-9-14)30(22)17-5-3-16(25)4-6-17/h2-13H,1H3,(H,27,31). The van der Waals surface area contributed by atoms with E-state index < -0.39 is 5.25 Å². The van der Waals surface area contributed by atoms with E-state index in [1.165, 1.54) is 23.9 Å². The Hall–Kier alpha value is -2.94. The van der Waals surface area contributed by atoms with Gasteiger partial charge in [-0.15, -0.1) is 10.2 Å². The van der Waals surface area contributed by atoms with Crippen LogP contribution in [0.2, 0.25) is 10.0 Å². The summed E-state index contributed by atoms with van der Waals surface area (Å²) in [4.78, 5) is 16.8. The Kier molecular flexibility index (Phi) is 6.74. The molecule has 0 aliphatic rings. The predicted molar refractivity (Wildman–Crippen MR) is 125 cm³/mol. The van der Waals surface area contributed by atoms with Crippen LogP contribution in [0, 0.1) is 5.82 Å². The van der Waals surface area contributed by atoms with Crippen molar-refractivity contribution in [2.24, 2.45) is 0 Å². The number of benzene rings is 2. The number of rotatable bonds is 6. The molecule has 4 aromatic rings. The zero-order chi connectivity index (χ0) is 22.7. The van der Waals surface area contributed by atoms with Crippen molar-refractivity contribution in [3.8, 4) is 17.1 Å². The van der Waals surface area contributed by atoms with Crippen molar-refractivity contribution >= 4 is 46.6 Å². The summed E-state index contributed by atoms with van der Waals surface area (Å²) < 4.78 is 15.3. The van der Waals surface area contributed by atoms with Crippen molar-refractivity contribution < 1.29 is 9.18 Å². The maximum absolute atomic E-state index is 13.5. The topological polar surface area (TPSA) is 72.7 Å². The quantitative estimate of drug-likeness (QED) is 0.343. The van der Waals surface area contributed by atoms with Crippen LogP contribution < -0.4 is 5.32 Å². The van der Waals surface area contributed by atoms with Crippen molar-refractivity contribution in [1.82, 2.24) is 19.7 Å². The molecule has 6 nitrogen and oxygen atoms in total. The summed E-state index contributed by atoms with van der Waals surface area (Å²) in [7, 11) is 0. The van der Waals surface area contributed by atoms with Crippen LogP contribution >= 0.6 is 35.0 Å². The van der Waals surface area contributed by atoms with Crippen molar-refractivity contribution in [3.63, 3.8) is 0 Å².